The number of sulfonamides is 1. The lowest BCUT2D eigenvalue weighted by Gasteiger charge is -2.13. The van der Waals surface area contributed by atoms with E-state index in [1.54, 1.807) is 13.0 Å². The van der Waals surface area contributed by atoms with Crippen molar-refractivity contribution in [1.29, 1.82) is 5.26 Å². The summed E-state index contributed by atoms with van der Waals surface area (Å²) in [7, 11) is -4.24. The van der Waals surface area contributed by atoms with Gasteiger partial charge in [0.2, 0.25) is 0 Å². The Morgan fingerprint density at radius 3 is 2.52 bits per heavy atom. The fraction of sp³-hybridized carbons (Fsp3) is 0.143. The smallest absolute Gasteiger partial charge is 0.278 e. The van der Waals surface area contributed by atoms with E-state index in [1.165, 1.54) is 18.5 Å². The summed E-state index contributed by atoms with van der Waals surface area (Å²) < 4.78 is 65.4. The van der Waals surface area contributed by atoms with Crippen LogP contribution in [0.3, 0.4) is 0 Å². The van der Waals surface area contributed by atoms with Gasteiger partial charge >= 0.3 is 6.18 Å². The summed E-state index contributed by atoms with van der Waals surface area (Å²) in [6.07, 6.45) is -2.13. The van der Waals surface area contributed by atoms with E-state index in [0.29, 0.717) is 11.6 Å². The van der Waals surface area contributed by atoms with Crippen molar-refractivity contribution in [2.75, 3.05) is 4.72 Å². The van der Waals surface area contributed by atoms with Gasteiger partial charge in [-0.05, 0) is 36.8 Å². The second-order valence-corrected chi connectivity index (χ2v) is 6.30. The molecule has 1 aromatic heterocycles. The van der Waals surface area contributed by atoms with Gasteiger partial charge in [-0.15, -0.1) is 0 Å². The van der Waals surface area contributed by atoms with Crippen LogP contribution in [-0.4, -0.2) is 13.4 Å². The van der Waals surface area contributed by atoms with E-state index in [4.69, 9.17) is 5.26 Å². The highest BCUT2D eigenvalue weighted by atomic mass is 32.2. The highest BCUT2D eigenvalue weighted by Gasteiger charge is 2.35. The van der Waals surface area contributed by atoms with Crippen LogP contribution in [-0.2, 0) is 16.2 Å². The number of hydrogen-bond donors (Lipinski definition) is 1. The molecule has 120 valence electrons. The largest absolute Gasteiger partial charge is 0.417 e. The predicted molar refractivity (Wildman–Crippen MR) is 75.9 cm³/mol. The van der Waals surface area contributed by atoms with Crippen LogP contribution in [0.15, 0.2) is 41.6 Å². The molecule has 0 amide bonds. The number of aromatic nitrogens is 1. The molecule has 0 aliphatic heterocycles. The first kappa shape index (κ1) is 16.8. The number of anilines is 1. The third-order valence-electron chi connectivity index (χ3n) is 3.01. The SMILES string of the molecule is Cc1ccncc1NS(=O)(=O)c1ccc(C#N)c(C(F)(F)F)c1. The summed E-state index contributed by atoms with van der Waals surface area (Å²) >= 11 is 0. The van der Waals surface area contributed by atoms with Crippen LogP contribution < -0.4 is 4.72 Å². The Morgan fingerprint density at radius 1 is 1.26 bits per heavy atom. The lowest BCUT2D eigenvalue weighted by molar-refractivity contribution is -0.137. The van der Waals surface area contributed by atoms with Gasteiger partial charge in [-0.3, -0.25) is 9.71 Å². The van der Waals surface area contributed by atoms with Gasteiger partial charge in [-0.1, -0.05) is 0 Å². The molecule has 0 fully saturated rings. The Hall–Kier alpha value is -2.60. The van der Waals surface area contributed by atoms with Crippen molar-refractivity contribution >= 4 is 15.7 Å². The molecule has 0 saturated carbocycles. The normalized spacial score (nSPS) is 11.8. The average molecular weight is 341 g/mol. The van der Waals surface area contributed by atoms with Crippen LogP contribution in [0.25, 0.3) is 0 Å². The van der Waals surface area contributed by atoms with Crippen molar-refractivity contribution in [1.82, 2.24) is 4.98 Å². The van der Waals surface area contributed by atoms with E-state index in [-0.39, 0.29) is 5.69 Å². The van der Waals surface area contributed by atoms with Crippen LogP contribution in [0.5, 0.6) is 0 Å². The van der Waals surface area contributed by atoms with Crippen LogP contribution >= 0.6 is 0 Å². The Balaban J connectivity index is 2.49. The zero-order valence-electron chi connectivity index (χ0n) is 11.7. The van der Waals surface area contributed by atoms with Gasteiger partial charge in [-0.2, -0.15) is 18.4 Å². The minimum Gasteiger partial charge on any atom is -0.278 e. The summed E-state index contributed by atoms with van der Waals surface area (Å²) in [6.45, 7) is 1.62. The molecule has 0 unspecified atom stereocenters. The number of nitrogens with zero attached hydrogens (tertiary/aromatic N) is 2. The number of benzene rings is 1. The zero-order valence-corrected chi connectivity index (χ0v) is 12.5. The molecule has 1 N–H and O–H groups in total. The number of alkyl halides is 3. The van der Waals surface area contributed by atoms with Crippen molar-refractivity contribution in [2.45, 2.75) is 18.0 Å². The molecular weight excluding hydrogens is 331 g/mol. The number of pyridine rings is 1. The van der Waals surface area contributed by atoms with Gasteiger partial charge in [0.1, 0.15) is 0 Å². The number of halogens is 3. The van der Waals surface area contributed by atoms with Crippen molar-refractivity contribution in [3.8, 4) is 6.07 Å². The number of hydrogen-bond acceptors (Lipinski definition) is 4. The second-order valence-electron chi connectivity index (χ2n) is 4.61. The van der Waals surface area contributed by atoms with Crippen LogP contribution in [0.4, 0.5) is 18.9 Å². The highest BCUT2D eigenvalue weighted by Crippen LogP contribution is 2.33. The fourth-order valence-corrected chi connectivity index (χ4v) is 2.94. The van der Waals surface area contributed by atoms with Gasteiger partial charge in [0.25, 0.3) is 10.0 Å². The molecule has 0 aliphatic carbocycles. The first-order chi connectivity index (χ1) is 10.6. The molecule has 9 heteroatoms. The number of nitrogens with one attached hydrogen (secondary N) is 1. The molecule has 0 saturated heterocycles. The molecule has 1 aromatic carbocycles. The van der Waals surface area contributed by atoms with Crippen LogP contribution in [0.2, 0.25) is 0 Å². The molecule has 0 bridgehead atoms. The third kappa shape index (κ3) is 3.60. The summed E-state index contributed by atoms with van der Waals surface area (Å²) in [5, 5.41) is 8.72. The number of aryl methyl sites for hydroxylation is 1. The first-order valence-corrected chi connectivity index (χ1v) is 7.68. The van der Waals surface area contributed by atoms with Gasteiger partial charge in [0.05, 0.1) is 34.0 Å². The number of nitriles is 1. The number of rotatable bonds is 3. The Labute approximate surface area is 130 Å². The topological polar surface area (TPSA) is 82.8 Å². The molecule has 5 nitrogen and oxygen atoms in total. The van der Waals surface area contributed by atoms with Gasteiger partial charge in [0, 0.05) is 6.20 Å². The molecule has 2 rings (SSSR count). The van der Waals surface area contributed by atoms with Gasteiger partial charge in [-0.25, -0.2) is 8.42 Å². The summed E-state index contributed by atoms with van der Waals surface area (Å²) in [6, 6.07) is 5.16. The Morgan fingerprint density at radius 2 is 1.96 bits per heavy atom. The standard InChI is InChI=1S/C14H10F3N3O2S/c1-9-4-5-19-8-13(9)20-23(21,22)11-3-2-10(7-18)12(6-11)14(15,16)17/h2-6,8,20H,1H3. The molecule has 0 spiro atoms. The highest BCUT2D eigenvalue weighted by molar-refractivity contribution is 7.92. The maximum atomic E-state index is 12.9. The van der Waals surface area contributed by atoms with Crippen molar-refractivity contribution < 1.29 is 21.6 Å². The molecule has 1 heterocycles. The van der Waals surface area contributed by atoms with Crippen molar-refractivity contribution in [2.24, 2.45) is 0 Å². The molecule has 0 atom stereocenters. The lowest BCUT2D eigenvalue weighted by Crippen LogP contribution is -2.16. The van der Waals surface area contributed by atoms with Crippen LogP contribution in [0, 0.1) is 18.3 Å². The van der Waals surface area contributed by atoms with Gasteiger partial charge < -0.3 is 0 Å². The summed E-state index contributed by atoms with van der Waals surface area (Å²) in [5.41, 5.74) is -1.22. The summed E-state index contributed by atoms with van der Waals surface area (Å²) in [5.74, 6) is 0. The quantitative estimate of drug-likeness (QED) is 0.930. The van der Waals surface area contributed by atoms with E-state index in [2.05, 4.69) is 9.71 Å². The Kier molecular flexibility index (Phi) is 4.29. The molecule has 0 radical (unpaired) electrons. The molecule has 23 heavy (non-hydrogen) atoms. The average Bonchev–Trinajstić information content (AvgIpc) is 2.48. The van der Waals surface area contributed by atoms with E-state index in [0.717, 1.165) is 12.1 Å². The lowest BCUT2D eigenvalue weighted by atomic mass is 10.1. The molecule has 2 aromatic rings. The molecule has 0 aliphatic rings. The van der Waals surface area contributed by atoms with E-state index < -0.39 is 32.2 Å². The summed E-state index contributed by atoms with van der Waals surface area (Å²) in [4.78, 5) is 3.17. The first-order valence-electron chi connectivity index (χ1n) is 6.20. The maximum absolute atomic E-state index is 12.9. The van der Waals surface area contributed by atoms with Crippen molar-refractivity contribution in [3.05, 3.63) is 53.3 Å². The predicted octanol–water partition coefficient (Wildman–Crippen LogP) is 3.08. The second kappa shape index (κ2) is 5.89. The van der Waals surface area contributed by atoms with E-state index in [1.807, 2.05) is 0 Å². The van der Waals surface area contributed by atoms with E-state index >= 15 is 0 Å². The van der Waals surface area contributed by atoms with Crippen molar-refractivity contribution in [3.63, 3.8) is 0 Å². The van der Waals surface area contributed by atoms with Gasteiger partial charge in [0.15, 0.2) is 0 Å². The monoisotopic (exact) mass is 341 g/mol. The molecular formula is C14H10F3N3O2S. The zero-order chi connectivity index (χ0) is 17.3. The minimum atomic E-state index is -4.83. The third-order valence-corrected chi connectivity index (χ3v) is 4.37. The maximum Gasteiger partial charge on any atom is 0.417 e. The Bertz CT molecular complexity index is 887. The minimum absolute atomic E-state index is 0.158. The van der Waals surface area contributed by atoms with Crippen LogP contribution in [0.1, 0.15) is 16.7 Å². The fourth-order valence-electron chi connectivity index (χ4n) is 1.80. The van der Waals surface area contributed by atoms with E-state index in [9.17, 15) is 21.6 Å².